The van der Waals surface area contributed by atoms with Crippen LogP contribution in [-0.2, 0) is 11.2 Å². The van der Waals surface area contributed by atoms with Crippen LogP contribution in [0.25, 0.3) is 5.03 Å². The number of fused-ring (bicyclic) bond motifs is 1. The number of carbonyl (C=O) groups excluding carboxylic acids is 1. The molecule has 1 aromatic carbocycles. The second-order valence-electron chi connectivity index (χ2n) is 3.22. The largest absolute Gasteiger partial charge is 0.298 e. The highest BCUT2D eigenvalue weighted by Gasteiger charge is 2.18. The maximum Gasteiger partial charge on any atom is 0.147 e. The number of hydrogen-bond acceptors (Lipinski definition) is 1. The van der Waals surface area contributed by atoms with Gasteiger partial charge >= 0.3 is 0 Å². The van der Waals surface area contributed by atoms with Gasteiger partial charge in [0.1, 0.15) is 6.29 Å². The summed E-state index contributed by atoms with van der Waals surface area (Å²) in [5, 5.41) is 1.27. The molecule has 1 aromatic rings. The number of rotatable bonds is 1. The smallest absolute Gasteiger partial charge is 0.147 e. The summed E-state index contributed by atoms with van der Waals surface area (Å²) >= 11 is 12.1. The number of carbonyl (C=O) groups is 1. The Balaban J connectivity index is 2.63. The molecule has 0 unspecified atom stereocenters. The lowest BCUT2D eigenvalue weighted by Gasteiger charge is -2.17. The van der Waals surface area contributed by atoms with Gasteiger partial charge in [0.2, 0.25) is 0 Å². The van der Waals surface area contributed by atoms with Crippen LogP contribution >= 0.6 is 23.2 Å². The molecule has 0 saturated heterocycles. The first-order valence-corrected chi connectivity index (χ1v) is 5.11. The monoisotopic (exact) mass is 226 g/mol. The molecular weight excluding hydrogens is 219 g/mol. The zero-order valence-electron chi connectivity index (χ0n) is 7.39. The first kappa shape index (κ1) is 9.75. The summed E-state index contributed by atoms with van der Waals surface area (Å²) < 4.78 is 0. The van der Waals surface area contributed by atoms with E-state index in [4.69, 9.17) is 23.2 Å². The molecule has 0 aliphatic heterocycles. The summed E-state index contributed by atoms with van der Waals surface area (Å²) in [6.07, 6.45) is 2.30. The number of benzene rings is 1. The fourth-order valence-corrected chi connectivity index (χ4v) is 2.26. The number of hydrogen-bond donors (Lipinski definition) is 0. The third-order valence-corrected chi connectivity index (χ3v) is 3.22. The highest BCUT2D eigenvalue weighted by atomic mass is 35.5. The van der Waals surface area contributed by atoms with E-state index in [1.165, 1.54) is 0 Å². The minimum absolute atomic E-state index is 0.545. The van der Waals surface area contributed by atoms with Gasteiger partial charge in [-0.3, -0.25) is 4.79 Å². The van der Waals surface area contributed by atoms with Crippen LogP contribution in [0.2, 0.25) is 5.02 Å². The van der Waals surface area contributed by atoms with Gasteiger partial charge in [-0.25, -0.2) is 0 Å². The summed E-state index contributed by atoms with van der Waals surface area (Å²) in [6.45, 7) is 0. The molecule has 14 heavy (non-hydrogen) atoms. The predicted octanol–water partition coefficient (Wildman–Crippen LogP) is 3.44. The average Bonchev–Trinajstić information content (AvgIpc) is 2.20. The SMILES string of the molecule is O=CC1=C(Cl)c2cccc(Cl)c2CC1. The van der Waals surface area contributed by atoms with Crippen LogP contribution in [0.5, 0.6) is 0 Å². The number of halogens is 2. The summed E-state index contributed by atoms with van der Waals surface area (Å²) in [5.41, 5.74) is 2.61. The first-order valence-electron chi connectivity index (χ1n) is 4.35. The summed E-state index contributed by atoms with van der Waals surface area (Å²) in [4.78, 5) is 10.7. The van der Waals surface area contributed by atoms with E-state index in [2.05, 4.69) is 0 Å². The minimum Gasteiger partial charge on any atom is -0.298 e. The van der Waals surface area contributed by atoms with Crippen molar-refractivity contribution in [2.24, 2.45) is 0 Å². The van der Waals surface area contributed by atoms with Gasteiger partial charge in [-0.1, -0.05) is 35.3 Å². The number of allylic oxidation sites excluding steroid dienone is 1. The third kappa shape index (κ3) is 1.47. The van der Waals surface area contributed by atoms with Crippen molar-refractivity contribution in [3.05, 3.63) is 39.9 Å². The molecule has 0 fully saturated rings. The van der Waals surface area contributed by atoms with E-state index in [0.717, 1.165) is 28.9 Å². The van der Waals surface area contributed by atoms with Crippen molar-refractivity contribution in [2.75, 3.05) is 0 Å². The molecule has 0 atom stereocenters. The molecule has 0 amide bonds. The van der Waals surface area contributed by atoms with Crippen LogP contribution in [0.1, 0.15) is 17.5 Å². The molecule has 0 spiro atoms. The molecular formula is C11H8Cl2O. The molecule has 1 nitrogen and oxygen atoms in total. The maximum absolute atomic E-state index is 10.7. The fourth-order valence-electron chi connectivity index (χ4n) is 1.67. The van der Waals surface area contributed by atoms with Gasteiger partial charge in [-0.05, 0) is 30.0 Å². The van der Waals surface area contributed by atoms with Crippen LogP contribution < -0.4 is 0 Å². The van der Waals surface area contributed by atoms with Crippen molar-refractivity contribution < 1.29 is 4.79 Å². The third-order valence-electron chi connectivity index (χ3n) is 2.42. The Kier molecular flexibility index (Phi) is 2.62. The standard InChI is InChI=1S/C11H8Cl2O/c12-10-3-1-2-9-8(10)5-4-7(6-14)11(9)13/h1-3,6H,4-5H2. The molecule has 0 bridgehead atoms. The maximum atomic E-state index is 10.7. The first-order chi connectivity index (χ1) is 6.74. The summed E-state index contributed by atoms with van der Waals surface area (Å²) in [5.74, 6) is 0. The van der Waals surface area contributed by atoms with E-state index < -0.39 is 0 Å². The fraction of sp³-hybridized carbons (Fsp3) is 0.182. The Morgan fingerprint density at radius 1 is 1.21 bits per heavy atom. The molecule has 1 aliphatic carbocycles. The van der Waals surface area contributed by atoms with Gasteiger partial charge in [-0.15, -0.1) is 0 Å². The lowest BCUT2D eigenvalue weighted by Crippen LogP contribution is -2.03. The second kappa shape index (κ2) is 3.76. The highest BCUT2D eigenvalue weighted by Crippen LogP contribution is 2.36. The van der Waals surface area contributed by atoms with Gasteiger partial charge in [0.05, 0.1) is 5.03 Å². The molecule has 0 radical (unpaired) electrons. The Labute approximate surface area is 92.3 Å². The van der Waals surface area contributed by atoms with Gasteiger partial charge in [0, 0.05) is 10.6 Å². The Bertz CT molecular complexity index is 421. The van der Waals surface area contributed by atoms with E-state index in [1.54, 1.807) is 0 Å². The highest BCUT2D eigenvalue weighted by molar-refractivity contribution is 6.51. The minimum atomic E-state index is 0.545. The van der Waals surface area contributed by atoms with Gasteiger partial charge < -0.3 is 0 Å². The lowest BCUT2D eigenvalue weighted by molar-refractivity contribution is -0.105. The van der Waals surface area contributed by atoms with Crippen LogP contribution in [0.15, 0.2) is 23.8 Å². The topological polar surface area (TPSA) is 17.1 Å². The van der Waals surface area contributed by atoms with Crippen molar-refractivity contribution in [1.29, 1.82) is 0 Å². The van der Waals surface area contributed by atoms with Gasteiger partial charge in [-0.2, -0.15) is 0 Å². The number of aldehydes is 1. The van der Waals surface area contributed by atoms with E-state index >= 15 is 0 Å². The van der Waals surface area contributed by atoms with E-state index in [-0.39, 0.29) is 0 Å². The summed E-state index contributed by atoms with van der Waals surface area (Å²) in [6, 6.07) is 5.58. The second-order valence-corrected chi connectivity index (χ2v) is 4.01. The van der Waals surface area contributed by atoms with Crippen molar-refractivity contribution in [3.8, 4) is 0 Å². The van der Waals surface area contributed by atoms with Crippen LogP contribution in [0, 0.1) is 0 Å². The predicted molar refractivity (Wildman–Crippen MR) is 58.6 cm³/mol. The van der Waals surface area contributed by atoms with Crippen LogP contribution in [-0.4, -0.2) is 6.29 Å². The summed E-state index contributed by atoms with van der Waals surface area (Å²) in [7, 11) is 0. The zero-order valence-corrected chi connectivity index (χ0v) is 8.90. The molecule has 0 saturated carbocycles. The van der Waals surface area contributed by atoms with Crippen molar-refractivity contribution in [2.45, 2.75) is 12.8 Å². The van der Waals surface area contributed by atoms with Crippen molar-refractivity contribution in [1.82, 2.24) is 0 Å². The normalized spacial score (nSPS) is 15.3. The van der Waals surface area contributed by atoms with Gasteiger partial charge in [0.25, 0.3) is 0 Å². The molecule has 0 heterocycles. The Morgan fingerprint density at radius 3 is 2.71 bits per heavy atom. The quantitative estimate of drug-likeness (QED) is 0.671. The molecule has 0 aromatic heterocycles. The Hall–Kier alpha value is -0.790. The molecule has 72 valence electrons. The van der Waals surface area contributed by atoms with Crippen LogP contribution in [0.4, 0.5) is 0 Å². The van der Waals surface area contributed by atoms with E-state index in [0.29, 0.717) is 17.0 Å². The van der Waals surface area contributed by atoms with E-state index in [1.807, 2.05) is 18.2 Å². The van der Waals surface area contributed by atoms with Crippen molar-refractivity contribution in [3.63, 3.8) is 0 Å². The van der Waals surface area contributed by atoms with Crippen LogP contribution in [0.3, 0.4) is 0 Å². The molecule has 2 rings (SSSR count). The van der Waals surface area contributed by atoms with E-state index in [9.17, 15) is 4.79 Å². The molecule has 0 N–H and O–H groups in total. The average molecular weight is 227 g/mol. The van der Waals surface area contributed by atoms with Gasteiger partial charge in [0.15, 0.2) is 0 Å². The lowest BCUT2D eigenvalue weighted by atomic mass is 9.92. The molecule has 3 heteroatoms. The van der Waals surface area contributed by atoms with Crippen molar-refractivity contribution >= 4 is 34.5 Å². The molecule has 1 aliphatic rings. The zero-order chi connectivity index (χ0) is 10.1. The Morgan fingerprint density at radius 2 is 2.00 bits per heavy atom.